The zero-order valence-electron chi connectivity index (χ0n) is 22.7. The lowest BCUT2D eigenvalue weighted by molar-refractivity contribution is -0.145. The van der Waals surface area contributed by atoms with Gasteiger partial charge >= 0.3 is 5.97 Å². The van der Waals surface area contributed by atoms with Crippen LogP contribution >= 0.6 is 11.8 Å². The van der Waals surface area contributed by atoms with E-state index < -0.39 is 0 Å². The molecule has 7 heteroatoms. The maximum atomic E-state index is 12.5. The van der Waals surface area contributed by atoms with Gasteiger partial charge in [-0.05, 0) is 43.2 Å². The fraction of sp³-hybridized carbons (Fsp3) is 0.548. The molecule has 0 radical (unpaired) electrons. The van der Waals surface area contributed by atoms with Crippen LogP contribution in [0.4, 0.5) is 0 Å². The molecule has 1 fully saturated rings. The Kier molecular flexibility index (Phi) is 14.3. The van der Waals surface area contributed by atoms with Crippen molar-refractivity contribution in [1.29, 1.82) is 0 Å². The summed E-state index contributed by atoms with van der Waals surface area (Å²) in [6.07, 6.45) is 6.95. The number of nitrogens with zero attached hydrogens (tertiary/aromatic N) is 1. The molecule has 2 aromatic carbocycles. The molecule has 0 N–H and O–H groups in total. The topological polar surface area (TPSA) is 65.1 Å². The Balaban J connectivity index is 1.32. The minimum absolute atomic E-state index is 0.0153. The highest BCUT2D eigenvalue weighted by molar-refractivity contribution is 8.00. The van der Waals surface area contributed by atoms with E-state index in [-0.39, 0.29) is 23.4 Å². The van der Waals surface area contributed by atoms with Gasteiger partial charge in [0.15, 0.2) is 0 Å². The number of amides is 1. The van der Waals surface area contributed by atoms with Crippen LogP contribution in [0.1, 0.15) is 69.4 Å². The largest absolute Gasteiger partial charge is 0.461 e. The smallest absolute Gasteiger partial charge is 0.306 e. The SMILES string of the molecule is CCCOCC(CCC1SCC(=O)N1CCCCCCC(=O)OCc1ccccc1)OCc1ccccc1. The number of ether oxygens (including phenoxy) is 3. The molecule has 6 nitrogen and oxygen atoms in total. The number of carbonyl (C=O) groups is 2. The van der Waals surface area contributed by atoms with Gasteiger partial charge in [0.25, 0.3) is 0 Å². The Morgan fingerprint density at radius 2 is 1.66 bits per heavy atom. The molecule has 1 saturated heterocycles. The zero-order chi connectivity index (χ0) is 26.8. The third-order valence-corrected chi connectivity index (χ3v) is 7.84. The third kappa shape index (κ3) is 11.6. The second-order valence-corrected chi connectivity index (χ2v) is 10.9. The molecule has 38 heavy (non-hydrogen) atoms. The highest BCUT2D eigenvalue weighted by Crippen LogP contribution is 2.30. The second-order valence-electron chi connectivity index (χ2n) is 9.73. The van der Waals surface area contributed by atoms with E-state index >= 15 is 0 Å². The van der Waals surface area contributed by atoms with Gasteiger partial charge in [0.05, 0.1) is 30.4 Å². The van der Waals surface area contributed by atoms with Gasteiger partial charge < -0.3 is 19.1 Å². The molecule has 1 aliphatic heterocycles. The molecule has 2 atom stereocenters. The number of rotatable bonds is 19. The van der Waals surface area contributed by atoms with Gasteiger partial charge in [-0.15, -0.1) is 11.8 Å². The molecule has 1 aliphatic rings. The molecule has 1 amide bonds. The standard InChI is InChI=1S/C31H43NO5S/c1-2-21-35-24-28(36-22-26-13-7-5-8-14-26)18-19-30-32(29(33)25-38-30)20-12-4-3-11-17-31(34)37-23-27-15-9-6-10-16-27/h5-10,13-16,28,30H,2-4,11-12,17-25H2,1H3. The van der Waals surface area contributed by atoms with Crippen molar-refractivity contribution in [3.63, 3.8) is 0 Å². The molecule has 0 saturated carbocycles. The fourth-order valence-corrected chi connectivity index (χ4v) is 5.62. The fourth-order valence-electron chi connectivity index (χ4n) is 4.41. The summed E-state index contributed by atoms with van der Waals surface area (Å²) < 4.78 is 17.4. The van der Waals surface area contributed by atoms with Crippen molar-refractivity contribution >= 4 is 23.6 Å². The number of carbonyl (C=O) groups excluding carboxylic acids is 2. The van der Waals surface area contributed by atoms with Crippen molar-refractivity contribution in [3.8, 4) is 0 Å². The summed E-state index contributed by atoms with van der Waals surface area (Å²) in [5.74, 6) is 0.639. The first-order valence-corrected chi connectivity index (χ1v) is 15.0. The number of thioether (sulfide) groups is 1. The van der Waals surface area contributed by atoms with Crippen molar-refractivity contribution in [3.05, 3.63) is 71.8 Å². The normalized spacial score (nSPS) is 16.1. The average Bonchev–Trinajstić information content (AvgIpc) is 3.30. The monoisotopic (exact) mass is 541 g/mol. The molecule has 0 aromatic heterocycles. The summed E-state index contributed by atoms with van der Waals surface area (Å²) in [6, 6.07) is 20.0. The predicted octanol–water partition coefficient (Wildman–Crippen LogP) is 6.37. The van der Waals surface area contributed by atoms with Crippen LogP contribution in [-0.4, -0.2) is 53.8 Å². The van der Waals surface area contributed by atoms with Crippen LogP contribution in [0.3, 0.4) is 0 Å². The predicted molar refractivity (Wildman–Crippen MR) is 153 cm³/mol. The quantitative estimate of drug-likeness (QED) is 0.152. The highest BCUT2D eigenvalue weighted by Gasteiger charge is 2.31. The van der Waals surface area contributed by atoms with Crippen molar-refractivity contribution in [2.75, 3.05) is 25.5 Å². The minimum Gasteiger partial charge on any atom is -0.461 e. The van der Waals surface area contributed by atoms with Crippen LogP contribution in [0.5, 0.6) is 0 Å². The van der Waals surface area contributed by atoms with Gasteiger partial charge in [0.2, 0.25) is 5.91 Å². The van der Waals surface area contributed by atoms with E-state index in [0.717, 1.165) is 69.2 Å². The molecular weight excluding hydrogens is 498 g/mol. The molecular formula is C31H43NO5S. The summed E-state index contributed by atoms with van der Waals surface area (Å²) in [5.41, 5.74) is 2.16. The van der Waals surface area contributed by atoms with Gasteiger partial charge in [-0.1, -0.05) is 80.4 Å². The molecule has 2 unspecified atom stereocenters. The van der Waals surface area contributed by atoms with Gasteiger partial charge in [-0.25, -0.2) is 0 Å². The van der Waals surface area contributed by atoms with Gasteiger partial charge in [-0.3, -0.25) is 9.59 Å². The average molecular weight is 542 g/mol. The second kappa shape index (κ2) is 18.0. The van der Waals surface area contributed by atoms with E-state index in [4.69, 9.17) is 14.2 Å². The lowest BCUT2D eigenvalue weighted by Gasteiger charge is -2.26. The molecule has 0 bridgehead atoms. The van der Waals surface area contributed by atoms with Crippen molar-refractivity contribution in [1.82, 2.24) is 4.90 Å². The Morgan fingerprint density at radius 3 is 2.37 bits per heavy atom. The lowest BCUT2D eigenvalue weighted by Crippen LogP contribution is -2.34. The number of hydrogen-bond acceptors (Lipinski definition) is 6. The number of unbranched alkanes of at least 4 members (excludes halogenated alkanes) is 3. The maximum absolute atomic E-state index is 12.5. The Hall–Kier alpha value is -2.35. The summed E-state index contributed by atoms with van der Waals surface area (Å²) >= 11 is 1.74. The van der Waals surface area contributed by atoms with E-state index in [1.54, 1.807) is 11.8 Å². The van der Waals surface area contributed by atoms with Gasteiger partial charge in [-0.2, -0.15) is 0 Å². The first-order valence-electron chi connectivity index (χ1n) is 14.0. The number of esters is 1. The Labute approximate surface area is 232 Å². The summed E-state index contributed by atoms with van der Waals surface area (Å²) in [6.45, 7) is 5.10. The summed E-state index contributed by atoms with van der Waals surface area (Å²) in [7, 11) is 0. The van der Waals surface area contributed by atoms with Crippen molar-refractivity contribution in [2.24, 2.45) is 0 Å². The minimum atomic E-state index is -0.146. The lowest BCUT2D eigenvalue weighted by atomic mass is 10.1. The molecule has 3 rings (SSSR count). The zero-order valence-corrected chi connectivity index (χ0v) is 23.5. The van der Waals surface area contributed by atoms with E-state index in [2.05, 4.69) is 19.1 Å². The van der Waals surface area contributed by atoms with E-state index in [1.165, 1.54) is 0 Å². The van der Waals surface area contributed by atoms with Gasteiger partial charge in [0, 0.05) is 19.6 Å². The highest BCUT2D eigenvalue weighted by atomic mass is 32.2. The first-order chi connectivity index (χ1) is 18.7. The van der Waals surface area contributed by atoms with Crippen molar-refractivity contribution in [2.45, 2.75) is 83.0 Å². The summed E-state index contributed by atoms with van der Waals surface area (Å²) in [5, 5.41) is 0.199. The maximum Gasteiger partial charge on any atom is 0.306 e. The van der Waals surface area contributed by atoms with E-state index in [9.17, 15) is 9.59 Å². The Bertz CT molecular complexity index is 926. The van der Waals surface area contributed by atoms with Crippen LogP contribution in [-0.2, 0) is 37.0 Å². The Morgan fingerprint density at radius 1 is 0.974 bits per heavy atom. The van der Waals surface area contributed by atoms with Crippen LogP contribution in [0.15, 0.2) is 60.7 Å². The van der Waals surface area contributed by atoms with Crippen molar-refractivity contribution < 1.29 is 23.8 Å². The summed E-state index contributed by atoms with van der Waals surface area (Å²) in [4.78, 5) is 26.6. The number of benzene rings is 2. The van der Waals surface area contributed by atoms with Crippen LogP contribution in [0, 0.1) is 0 Å². The molecule has 1 heterocycles. The van der Waals surface area contributed by atoms with Crippen LogP contribution in [0.25, 0.3) is 0 Å². The van der Waals surface area contributed by atoms with E-state index in [1.807, 2.05) is 53.4 Å². The van der Waals surface area contributed by atoms with E-state index in [0.29, 0.717) is 32.0 Å². The third-order valence-electron chi connectivity index (χ3n) is 6.56. The van der Waals surface area contributed by atoms with Gasteiger partial charge in [0.1, 0.15) is 6.61 Å². The van der Waals surface area contributed by atoms with Crippen LogP contribution < -0.4 is 0 Å². The molecule has 0 aliphatic carbocycles. The number of hydrogen-bond donors (Lipinski definition) is 0. The first kappa shape index (κ1) is 30.2. The van der Waals surface area contributed by atoms with Crippen LogP contribution in [0.2, 0.25) is 0 Å². The molecule has 2 aromatic rings. The molecule has 208 valence electrons. The molecule has 0 spiro atoms.